The van der Waals surface area contributed by atoms with Crippen molar-refractivity contribution in [3.63, 3.8) is 0 Å². The van der Waals surface area contributed by atoms with E-state index in [1.54, 1.807) is 0 Å². The molecule has 2 heterocycles. The van der Waals surface area contributed by atoms with Gasteiger partial charge in [-0.1, -0.05) is 38.1 Å². The summed E-state index contributed by atoms with van der Waals surface area (Å²) >= 11 is 0.589. The van der Waals surface area contributed by atoms with Crippen LogP contribution in [0.15, 0.2) is 60.8 Å². The highest BCUT2D eigenvalue weighted by molar-refractivity contribution is 8.08. The summed E-state index contributed by atoms with van der Waals surface area (Å²) in [6.45, 7) is 6.41. The molecule has 5 N–H and O–H groups in total. The summed E-state index contributed by atoms with van der Waals surface area (Å²) in [6.07, 6.45) is -3.42. The van der Waals surface area contributed by atoms with E-state index < -0.39 is 44.8 Å². The second-order valence-corrected chi connectivity index (χ2v) is 12.1. The fourth-order valence-electron chi connectivity index (χ4n) is 4.50. The molecule has 3 aromatic rings. The minimum atomic E-state index is -4.78. The van der Waals surface area contributed by atoms with Crippen LogP contribution in [0.2, 0.25) is 0 Å². The van der Waals surface area contributed by atoms with Gasteiger partial charge < -0.3 is 15.8 Å². The minimum absolute atomic E-state index is 0.0745. The fourth-order valence-corrected chi connectivity index (χ4v) is 5.81. The average Bonchev–Trinajstić information content (AvgIpc) is 3.59. The third-order valence-electron chi connectivity index (χ3n) is 6.85. The second-order valence-electron chi connectivity index (χ2n) is 10.7. The Bertz CT molecular complexity index is 1400. The summed E-state index contributed by atoms with van der Waals surface area (Å²) in [5, 5.41) is 10.6. The van der Waals surface area contributed by atoms with Crippen LogP contribution < -0.4 is 11.6 Å². The van der Waals surface area contributed by atoms with Gasteiger partial charge in [-0.2, -0.15) is 13.2 Å². The van der Waals surface area contributed by atoms with E-state index in [4.69, 9.17) is 11.6 Å². The summed E-state index contributed by atoms with van der Waals surface area (Å²) in [4.78, 5) is 4.09. The molecule has 1 saturated heterocycles. The van der Waals surface area contributed by atoms with Crippen LogP contribution in [-0.4, -0.2) is 33.1 Å². The van der Waals surface area contributed by atoms with Crippen molar-refractivity contribution in [2.24, 2.45) is 11.6 Å². The van der Waals surface area contributed by atoms with Crippen molar-refractivity contribution in [3.05, 3.63) is 94.8 Å². The lowest BCUT2D eigenvalue weighted by Gasteiger charge is -2.25. The Kier molecular flexibility index (Phi) is 7.96. The van der Waals surface area contributed by atoms with Crippen molar-refractivity contribution >= 4 is 17.5 Å². The maximum absolute atomic E-state index is 15.5. The van der Waals surface area contributed by atoms with Crippen LogP contribution in [0, 0.1) is 11.6 Å². The average molecular weight is 579 g/mol. The number of nitrogens with two attached hydrogens (primary N) is 2. The lowest BCUT2D eigenvalue weighted by Crippen LogP contribution is -2.39. The third-order valence-corrected chi connectivity index (χ3v) is 8.48. The zero-order valence-corrected chi connectivity index (χ0v) is 23.2. The van der Waals surface area contributed by atoms with E-state index in [1.807, 2.05) is 24.3 Å². The quantitative estimate of drug-likeness (QED) is 0.124. The van der Waals surface area contributed by atoms with Gasteiger partial charge in [0, 0.05) is 23.9 Å². The fraction of sp³-hybridized carbons (Fsp3) is 0.345. The van der Waals surface area contributed by atoms with E-state index in [0.717, 1.165) is 28.8 Å². The molecule has 40 heavy (non-hydrogen) atoms. The van der Waals surface area contributed by atoms with Gasteiger partial charge in [-0.15, -0.1) is 11.8 Å². The number of aliphatic hydroxyl groups is 1. The molecule has 2 atom stereocenters. The van der Waals surface area contributed by atoms with Crippen molar-refractivity contribution < 1.29 is 27.1 Å². The summed E-state index contributed by atoms with van der Waals surface area (Å²) in [5.41, 5.74) is 5.25. The lowest BCUT2D eigenvalue weighted by molar-refractivity contribution is -0.154. The van der Waals surface area contributed by atoms with Gasteiger partial charge in [0.05, 0.1) is 22.2 Å². The van der Waals surface area contributed by atoms with Gasteiger partial charge in [0.15, 0.2) is 10.6 Å². The molecule has 4 rings (SSSR count). The molecule has 0 radical (unpaired) electrons. The molecule has 0 aliphatic carbocycles. The monoisotopic (exact) mass is 578 g/mol. The van der Waals surface area contributed by atoms with Gasteiger partial charge in [-0.25, -0.2) is 19.6 Å². The zero-order valence-electron chi connectivity index (χ0n) is 22.4. The Morgan fingerprint density at radius 1 is 1.10 bits per heavy atom. The van der Waals surface area contributed by atoms with E-state index in [9.17, 15) is 22.7 Å². The van der Waals surface area contributed by atoms with Gasteiger partial charge in [-0.3, -0.25) is 0 Å². The summed E-state index contributed by atoms with van der Waals surface area (Å²) in [7, 11) is 0. The van der Waals surface area contributed by atoms with Crippen molar-refractivity contribution in [1.29, 1.82) is 0 Å². The van der Waals surface area contributed by atoms with Gasteiger partial charge in [-0.05, 0) is 61.2 Å². The highest BCUT2D eigenvalue weighted by Crippen LogP contribution is 2.69. The number of aromatic nitrogens is 1. The summed E-state index contributed by atoms with van der Waals surface area (Å²) in [6, 6.07) is 13.0. The Balaban J connectivity index is 1.69. The maximum atomic E-state index is 15.5. The van der Waals surface area contributed by atoms with E-state index >= 15 is 4.39 Å². The predicted molar refractivity (Wildman–Crippen MR) is 148 cm³/mol. The molecule has 0 saturated carbocycles. The third kappa shape index (κ3) is 5.82. The molecule has 2 aromatic carbocycles. The first-order valence-corrected chi connectivity index (χ1v) is 13.5. The number of nitrogens with zero attached hydrogens (tertiary/aromatic N) is 2. The number of benzene rings is 2. The maximum Gasteiger partial charge on any atom is 0.409 e. The second kappa shape index (κ2) is 10.7. The zero-order chi connectivity index (χ0) is 29.6. The molecule has 5 nitrogen and oxygen atoms in total. The number of rotatable bonds is 8. The predicted octanol–water partition coefficient (Wildman–Crippen LogP) is 6.38. The van der Waals surface area contributed by atoms with E-state index in [-0.39, 0.29) is 23.4 Å². The smallest absolute Gasteiger partial charge is 0.397 e. The van der Waals surface area contributed by atoms with Crippen molar-refractivity contribution in [1.82, 2.24) is 9.99 Å². The summed E-state index contributed by atoms with van der Waals surface area (Å²) < 4.78 is 70.4. The number of hydrazine groups is 1. The standard InChI is InChI=1S/C29H31F5N4OS/c1-16(2)17-5-7-18(8-6-17)22(35)14-38(36)15-24-28(40-24,29(32,33)34)23-13-21(27(3,4)39)25(31)26(37-23)19-9-11-20(30)12-10-19/h5-14,16,24,39H,15,35-36H2,1-4H3/b22-14-. The number of halogens is 5. The van der Waals surface area contributed by atoms with Gasteiger partial charge in [0.2, 0.25) is 0 Å². The number of pyridine rings is 1. The van der Waals surface area contributed by atoms with Gasteiger partial charge >= 0.3 is 6.18 Å². The first-order valence-electron chi connectivity index (χ1n) is 12.6. The first-order chi connectivity index (χ1) is 18.5. The molecule has 2 unspecified atom stereocenters. The number of alkyl halides is 3. The van der Waals surface area contributed by atoms with Crippen LogP contribution in [0.4, 0.5) is 22.0 Å². The first kappa shape index (κ1) is 29.8. The highest BCUT2D eigenvalue weighted by Gasteiger charge is 2.74. The van der Waals surface area contributed by atoms with Crippen molar-refractivity contribution in [2.75, 3.05) is 6.54 Å². The topological polar surface area (TPSA) is 88.4 Å². The van der Waals surface area contributed by atoms with Crippen LogP contribution in [0.1, 0.15) is 56.0 Å². The SMILES string of the molecule is CC(C)c1ccc(/C(N)=C/N(N)CC2SC2(c2cc(C(C)(C)O)c(F)c(-c3ccc(F)cc3)n2)C(F)(F)F)cc1. The molecular weight excluding hydrogens is 547 g/mol. The molecule has 11 heteroatoms. The lowest BCUT2D eigenvalue weighted by atomic mass is 9.91. The molecular formula is C29H31F5N4OS. The molecule has 1 fully saturated rings. The van der Waals surface area contributed by atoms with E-state index in [2.05, 4.69) is 18.8 Å². The number of hydrogen-bond acceptors (Lipinski definition) is 6. The normalized spacial score (nSPS) is 19.7. The minimum Gasteiger partial charge on any atom is -0.397 e. The van der Waals surface area contributed by atoms with Gasteiger partial charge in [0.1, 0.15) is 11.5 Å². The Morgan fingerprint density at radius 2 is 1.70 bits per heavy atom. The largest absolute Gasteiger partial charge is 0.409 e. The van der Waals surface area contributed by atoms with E-state index in [1.165, 1.54) is 32.2 Å². The molecule has 1 aliphatic heterocycles. The Morgan fingerprint density at radius 3 is 2.23 bits per heavy atom. The van der Waals surface area contributed by atoms with Crippen molar-refractivity contribution in [2.45, 2.75) is 55.4 Å². The van der Waals surface area contributed by atoms with Crippen LogP contribution >= 0.6 is 11.8 Å². The molecule has 0 bridgehead atoms. The number of hydrogen-bond donors (Lipinski definition) is 3. The molecule has 1 aromatic heterocycles. The van der Waals surface area contributed by atoms with Crippen LogP contribution in [0.5, 0.6) is 0 Å². The Hall–Kier alpha value is -3.15. The molecule has 1 aliphatic rings. The highest BCUT2D eigenvalue weighted by atomic mass is 32.2. The molecule has 0 amide bonds. The molecule has 0 spiro atoms. The van der Waals surface area contributed by atoms with Crippen LogP contribution in [-0.2, 0) is 10.3 Å². The molecule has 214 valence electrons. The number of thioether (sulfide) groups is 1. The van der Waals surface area contributed by atoms with Crippen molar-refractivity contribution in [3.8, 4) is 11.3 Å². The van der Waals surface area contributed by atoms with E-state index in [0.29, 0.717) is 23.2 Å². The summed E-state index contributed by atoms with van der Waals surface area (Å²) in [5.74, 6) is 4.82. The Labute approximate surface area is 234 Å². The van der Waals surface area contributed by atoms with Crippen LogP contribution in [0.3, 0.4) is 0 Å². The van der Waals surface area contributed by atoms with Crippen LogP contribution in [0.25, 0.3) is 17.0 Å². The van der Waals surface area contributed by atoms with Gasteiger partial charge in [0.25, 0.3) is 0 Å².